The molecule has 0 amide bonds. The fourth-order valence-corrected chi connectivity index (χ4v) is 4.55. The highest BCUT2D eigenvalue weighted by Gasteiger charge is 2.30. The molecular formula is C25H29N3OS. The number of nitrogens with zero attached hydrogens (tertiary/aromatic N) is 2. The number of hydrogen-bond acceptors (Lipinski definition) is 2. The number of benzene rings is 2. The van der Waals surface area contributed by atoms with E-state index in [1.807, 2.05) is 19.1 Å². The van der Waals surface area contributed by atoms with Gasteiger partial charge in [0.05, 0.1) is 12.6 Å². The van der Waals surface area contributed by atoms with Gasteiger partial charge in [-0.3, -0.25) is 0 Å². The minimum absolute atomic E-state index is 0.0681. The molecule has 2 heterocycles. The molecule has 1 aromatic heterocycles. The first-order valence-electron chi connectivity index (χ1n) is 10.7. The van der Waals surface area contributed by atoms with Crippen LogP contribution in [0.15, 0.2) is 60.8 Å². The zero-order valence-corrected chi connectivity index (χ0v) is 18.7. The molecule has 0 bridgehead atoms. The molecule has 0 saturated carbocycles. The van der Waals surface area contributed by atoms with E-state index >= 15 is 0 Å². The first kappa shape index (κ1) is 20.5. The first-order valence-corrected chi connectivity index (χ1v) is 11.1. The van der Waals surface area contributed by atoms with Crippen LogP contribution in [0, 0.1) is 6.92 Å². The van der Waals surface area contributed by atoms with Crippen LogP contribution < -0.4 is 10.1 Å². The van der Waals surface area contributed by atoms with Crippen molar-refractivity contribution in [1.82, 2.24) is 9.47 Å². The van der Waals surface area contributed by atoms with Crippen LogP contribution in [-0.4, -0.2) is 27.7 Å². The van der Waals surface area contributed by atoms with E-state index in [-0.39, 0.29) is 6.04 Å². The number of ether oxygens (including phenoxy) is 1. The molecule has 0 radical (unpaired) electrons. The Bertz CT molecular complexity index is 1030. The second-order valence-electron chi connectivity index (χ2n) is 7.62. The summed E-state index contributed by atoms with van der Waals surface area (Å²) in [7, 11) is 0. The van der Waals surface area contributed by atoms with Gasteiger partial charge in [-0.05, 0) is 73.4 Å². The van der Waals surface area contributed by atoms with E-state index in [2.05, 4.69) is 77.3 Å². The lowest BCUT2D eigenvalue weighted by Gasteiger charge is -2.39. The molecule has 5 heteroatoms. The molecule has 0 unspecified atom stereocenters. The molecule has 30 heavy (non-hydrogen) atoms. The standard InChI is InChI=1S/C25H29N3OS/c1-4-19-9-6-8-18(3)23(19)26-25(30)28-17-16-27-15-7-10-22(27)24(28)20-11-13-21(14-12-20)29-5-2/h6-15,24H,4-5,16-17H2,1-3H3,(H,26,30)/t24-/m0/s1. The molecule has 1 N–H and O–H groups in total. The van der Waals surface area contributed by atoms with Gasteiger partial charge in [-0.15, -0.1) is 0 Å². The highest BCUT2D eigenvalue weighted by atomic mass is 32.1. The van der Waals surface area contributed by atoms with Crippen molar-refractivity contribution >= 4 is 23.0 Å². The summed E-state index contributed by atoms with van der Waals surface area (Å²) < 4.78 is 7.96. The lowest BCUT2D eigenvalue weighted by Crippen LogP contribution is -2.44. The van der Waals surface area contributed by atoms with E-state index in [9.17, 15) is 0 Å². The van der Waals surface area contributed by atoms with Gasteiger partial charge >= 0.3 is 0 Å². The summed E-state index contributed by atoms with van der Waals surface area (Å²) in [5.74, 6) is 0.896. The highest BCUT2D eigenvalue weighted by molar-refractivity contribution is 7.80. The quantitative estimate of drug-likeness (QED) is 0.548. The van der Waals surface area contributed by atoms with Gasteiger partial charge in [0, 0.05) is 30.7 Å². The Hall–Kier alpha value is -2.79. The summed E-state index contributed by atoms with van der Waals surface area (Å²) in [5, 5.41) is 4.35. The first-order chi connectivity index (χ1) is 14.6. The molecular weight excluding hydrogens is 390 g/mol. The van der Waals surface area contributed by atoms with Crippen LogP contribution in [0.5, 0.6) is 5.75 Å². The second-order valence-corrected chi connectivity index (χ2v) is 8.00. The number of para-hydroxylation sites is 1. The monoisotopic (exact) mass is 419 g/mol. The molecule has 2 aromatic carbocycles. The van der Waals surface area contributed by atoms with E-state index in [1.165, 1.54) is 22.4 Å². The van der Waals surface area contributed by atoms with Crippen molar-refractivity contribution in [3.05, 3.63) is 83.2 Å². The molecule has 1 aliphatic rings. The fourth-order valence-electron chi connectivity index (χ4n) is 4.25. The number of nitrogens with one attached hydrogen (secondary N) is 1. The van der Waals surface area contributed by atoms with Crippen LogP contribution >= 0.6 is 12.2 Å². The maximum absolute atomic E-state index is 5.95. The van der Waals surface area contributed by atoms with Crippen molar-refractivity contribution in [1.29, 1.82) is 0 Å². The molecule has 4 nitrogen and oxygen atoms in total. The Morgan fingerprint density at radius 3 is 2.60 bits per heavy atom. The Morgan fingerprint density at radius 2 is 1.87 bits per heavy atom. The Kier molecular flexibility index (Phi) is 6.09. The SMILES string of the molecule is CCOc1ccc([C@H]2c3cccn3CCN2C(=S)Nc2c(C)cccc2CC)cc1. The largest absolute Gasteiger partial charge is 0.494 e. The number of hydrogen-bond donors (Lipinski definition) is 1. The molecule has 1 atom stereocenters. The van der Waals surface area contributed by atoms with Gasteiger partial charge in [0.25, 0.3) is 0 Å². The van der Waals surface area contributed by atoms with Crippen LogP contribution in [0.25, 0.3) is 0 Å². The van der Waals surface area contributed by atoms with E-state index in [1.54, 1.807) is 0 Å². The average Bonchev–Trinajstić information content (AvgIpc) is 3.24. The molecule has 4 rings (SSSR count). The van der Waals surface area contributed by atoms with Crippen molar-refractivity contribution in [3.8, 4) is 5.75 Å². The van der Waals surface area contributed by atoms with Crippen LogP contribution in [-0.2, 0) is 13.0 Å². The maximum Gasteiger partial charge on any atom is 0.174 e. The predicted octanol–water partition coefficient (Wildman–Crippen LogP) is 5.56. The molecule has 1 aliphatic heterocycles. The minimum Gasteiger partial charge on any atom is -0.494 e. The summed E-state index contributed by atoms with van der Waals surface area (Å²) >= 11 is 5.95. The number of aromatic nitrogens is 1. The normalized spacial score (nSPS) is 15.6. The third-order valence-corrected chi connectivity index (χ3v) is 6.11. The molecule has 0 aliphatic carbocycles. The summed E-state index contributed by atoms with van der Waals surface area (Å²) in [6.07, 6.45) is 3.12. The molecule has 0 spiro atoms. The lowest BCUT2D eigenvalue weighted by atomic mass is 10.00. The average molecular weight is 420 g/mol. The third kappa shape index (κ3) is 3.94. The van der Waals surface area contributed by atoms with Gasteiger partial charge in [-0.2, -0.15) is 0 Å². The number of thiocarbonyl (C=S) groups is 1. The number of anilines is 1. The van der Waals surface area contributed by atoms with Crippen molar-refractivity contribution in [2.75, 3.05) is 18.5 Å². The lowest BCUT2D eigenvalue weighted by molar-refractivity contribution is 0.293. The van der Waals surface area contributed by atoms with Crippen molar-refractivity contribution in [2.24, 2.45) is 0 Å². The summed E-state index contributed by atoms with van der Waals surface area (Å²) in [6.45, 7) is 8.77. The van der Waals surface area contributed by atoms with Crippen LogP contribution in [0.2, 0.25) is 0 Å². The smallest absolute Gasteiger partial charge is 0.174 e. The molecule has 3 aromatic rings. The summed E-state index contributed by atoms with van der Waals surface area (Å²) in [4.78, 5) is 2.31. The molecule has 0 saturated heterocycles. The van der Waals surface area contributed by atoms with E-state index in [0.29, 0.717) is 6.61 Å². The third-order valence-electron chi connectivity index (χ3n) is 5.78. The number of fused-ring (bicyclic) bond motifs is 1. The number of aryl methyl sites for hydroxylation is 2. The van der Waals surface area contributed by atoms with Gasteiger partial charge in [-0.1, -0.05) is 37.3 Å². The summed E-state index contributed by atoms with van der Waals surface area (Å²) in [6, 6.07) is 19.2. The van der Waals surface area contributed by atoms with Crippen LogP contribution in [0.1, 0.15) is 42.3 Å². The van der Waals surface area contributed by atoms with Crippen LogP contribution in [0.4, 0.5) is 5.69 Å². The van der Waals surface area contributed by atoms with Gasteiger partial charge in [0.1, 0.15) is 5.75 Å². The van der Waals surface area contributed by atoms with Gasteiger partial charge in [0.15, 0.2) is 5.11 Å². The Morgan fingerprint density at radius 1 is 1.07 bits per heavy atom. The Labute approximate surface area is 184 Å². The fraction of sp³-hybridized carbons (Fsp3) is 0.320. The van der Waals surface area contributed by atoms with Crippen molar-refractivity contribution < 1.29 is 4.74 Å². The van der Waals surface area contributed by atoms with E-state index < -0.39 is 0 Å². The summed E-state index contributed by atoms with van der Waals surface area (Å²) in [5.41, 5.74) is 6.11. The van der Waals surface area contributed by atoms with E-state index in [4.69, 9.17) is 17.0 Å². The number of rotatable bonds is 5. The second kappa shape index (κ2) is 8.92. The Balaban J connectivity index is 1.67. The zero-order valence-electron chi connectivity index (χ0n) is 17.9. The van der Waals surface area contributed by atoms with Crippen LogP contribution in [0.3, 0.4) is 0 Å². The van der Waals surface area contributed by atoms with E-state index in [0.717, 1.165) is 36.1 Å². The molecule has 156 valence electrons. The minimum atomic E-state index is 0.0681. The van der Waals surface area contributed by atoms with Gasteiger partial charge < -0.3 is 19.5 Å². The predicted molar refractivity (Wildman–Crippen MR) is 127 cm³/mol. The zero-order chi connectivity index (χ0) is 21.1. The van der Waals surface area contributed by atoms with Gasteiger partial charge in [0.2, 0.25) is 0 Å². The molecule has 0 fully saturated rings. The topological polar surface area (TPSA) is 29.4 Å². The van der Waals surface area contributed by atoms with Crippen molar-refractivity contribution in [3.63, 3.8) is 0 Å². The van der Waals surface area contributed by atoms with Crippen molar-refractivity contribution in [2.45, 2.75) is 39.8 Å². The maximum atomic E-state index is 5.95. The van der Waals surface area contributed by atoms with Gasteiger partial charge in [-0.25, -0.2) is 0 Å². The highest BCUT2D eigenvalue weighted by Crippen LogP contribution is 2.34.